The van der Waals surface area contributed by atoms with Crippen LogP contribution < -0.4 is 4.74 Å². The van der Waals surface area contributed by atoms with Gasteiger partial charge in [-0.1, -0.05) is 79.6 Å². The summed E-state index contributed by atoms with van der Waals surface area (Å²) in [5, 5.41) is 9.19. The van der Waals surface area contributed by atoms with Crippen molar-refractivity contribution >= 4 is 28.4 Å². The second-order valence-electron chi connectivity index (χ2n) is 8.66. The number of aryl methyl sites for hydroxylation is 1. The van der Waals surface area contributed by atoms with Crippen LogP contribution in [0, 0.1) is 0 Å². The molecule has 33 heavy (non-hydrogen) atoms. The van der Waals surface area contributed by atoms with Gasteiger partial charge in [0.25, 0.3) is 0 Å². The van der Waals surface area contributed by atoms with Crippen molar-refractivity contribution in [1.82, 2.24) is 0 Å². The minimum absolute atomic E-state index is 0.118. The summed E-state index contributed by atoms with van der Waals surface area (Å²) >= 11 is 4.71. The maximum absolute atomic E-state index is 9.07. The van der Waals surface area contributed by atoms with Crippen LogP contribution in [0.25, 0.3) is 11.1 Å². The van der Waals surface area contributed by atoms with Crippen LogP contribution in [0.3, 0.4) is 0 Å². The third kappa shape index (κ3) is 6.33. The molecule has 3 heteroatoms. The van der Waals surface area contributed by atoms with Crippen molar-refractivity contribution in [3.05, 3.63) is 101 Å². The van der Waals surface area contributed by atoms with Gasteiger partial charge in [-0.2, -0.15) is 0 Å². The van der Waals surface area contributed by atoms with Gasteiger partial charge < -0.3 is 9.84 Å². The number of unbranched alkanes of at least 4 members (excludes halogenated alkanes) is 3. The molecule has 1 aliphatic carbocycles. The molecule has 1 aliphatic rings. The van der Waals surface area contributed by atoms with Crippen LogP contribution in [0.2, 0.25) is 0 Å². The molecule has 0 amide bonds. The topological polar surface area (TPSA) is 29.5 Å². The summed E-state index contributed by atoms with van der Waals surface area (Å²) in [6.07, 6.45) is 8.18. The number of ether oxygens (including phenoxy) is 1. The molecule has 1 N–H and O–H groups in total. The van der Waals surface area contributed by atoms with Gasteiger partial charge in [0.2, 0.25) is 0 Å². The molecule has 0 unspecified atom stereocenters. The first-order valence-electron chi connectivity index (χ1n) is 12.0. The van der Waals surface area contributed by atoms with Gasteiger partial charge in [0.1, 0.15) is 5.75 Å². The van der Waals surface area contributed by atoms with Gasteiger partial charge in [0.05, 0.1) is 6.61 Å². The van der Waals surface area contributed by atoms with E-state index in [1.165, 1.54) is 39.8 Å². The normalized spacial score (nSPS) is 14.4. The molecular weight excluding hydrogens is 424 g/mol. The van der Waals surface area contributed by atoms with Crippen molar-refractivity contribution in [2.75, 3.05) is 6.61 Å². The Morgan fingerprint density at radius 2 is 1.45 bits per heavy atom. The highest BCUT2D eigenvalue weighted by atomic mass is 32.1. The molecule has 0 spiro atoms. The van der Waals surface area contributed by atoms with Crippen molar-refractivity contribution in [3.8, 4) is 5.75 Å². The SMILES string of the molecule is OC(=S)CCCCCCOc1ccc(/C(=C2\CCCc3ccccc32)c2ccccc2)cc1. The maximum Gasteiger partial charge on any atom is 0.156 e. The van der Waals surface area contributed by atoms with E-state index >= 15 is 0 Å². The third-order valence-corrected chi connectivity index (χ3v) is 6.48. The van der Waals surface area contributed by atoms with Gasteiger partial charge in [-0.15, -0.1) is 0 Å². The van der Waals surface area contributed by atoms with Crippen molar-refractivity contribution in [1.29, 1.82) is 0 Å². The van der Waals surface area contributed by atoms with Gasteiger partial charge in [0, 0.05) is 6.42 Å². The van der Waals surface area contributed by atoms with Crippen LogP contribution in [0.15, 0.2) is 78.9 Å². The second kappa shape index (κ2) is 11.8. The Morgan fingerprint density at radius 3 is 2.24 bits per heavy atom. The van der Waals surface area contributed by atoms with Gasteiger partial charge in [0.15, 0.2) is 5.05 Å². The van der Waals surface area contributed by atoms with E-state index in [1.807, 2.05) is 0 Å². The highest BCUT2D eigenvalue weighted by Gasteiger charge is 2.19. The molecule has 0 fully saturated rings. The summed E-state index contributed by atoms with van der Waals surface area (Å²) in [5.41, 5.74) is 8.12. The predicted molar refractivity (Wildman–Crippen MR) is 142 cm³/mol. The number of hydrogen-bond acceptors (Lipinski definition) is 2. The van der Waals surface area contributed by atoms with Crippen molar-refractivity contribution in [3.63, 3.8) is 0 Å². The first-order chi connectivity index (χ1) is 16.2. The molecule has 3 aromatic rings. The molecule has 0 saturated heterocycles. The summed E-state index contributed by atoms with van der Waals surface area (Å²) in [5.74, 6) is 0.914. The molecule has 4 rings (SSSR count). The average molecular weight is 457 g/mol. The quantitative estimate of drug-likeness (QED) is 0.246. The summed E-state index contributed by atoms with van der Waals surface area (Å²) in [6, 6.07) is 28.2. The average Bonchev–Trinajstić information content (AvgIpc) is 2.85. The van der Waals surface area contributed by atoms with E-state index < -0.39 is 0 Å². The fourth-order valence-corrected chi connectivity index (χ4v) is 4.79. The lowest BCUT2D eigenvalue weighted by molar-refractivity contribution is 0.304. The van der Waals surface area contributed by atoms with Crippen molar-refractivity contribution < 1.29 is 9.84 Å². The largest absolute Gasteiger partial charge is 0.502 e. The van der Waals surface area contributed by atoms with E-state index in [0.717, 1.165) is 44.3 Å². The summed E-state index contributed by atoms with van der Waals surface area (Å²) < 4.78 is 5.98. The predicted octanol–water partition coefficient (Wildman–Crippen LogP) is 8.20. The first kappa shape index (κ1) is 23.3. The molecule has 0 aliphatic heterocycles. The monoisotopic (exact) mass is 456 g/mol. The molecule has 170 valence electrons. The van der Waals surface area contributed by atoms with Crippen LogP contribution >= 0.6 is 12.2 Å². The van der Waals surface area contributed by atoms with Crippen LogP contribution in [-0.2, 0) is 6.42 Å². The maximum atomic E-state index is 9.07. The highest BCUT2D eigenvalue weighted by Crippen LogP contribution is 2.39. The van der Waals surface area contributed by atoms with Crippen molar-refractivity contribution in [2.45, 2.75) is 51.4 Å². The zero-order valence-corrected chi connectivity index (χ0v) is 19.9. The lowest BCUT2D eigenvalue weighted by Crippen LogP contribution is -2.05. The van der Waals surface area contributed by atoms with E-state index in [4.69, 9.17) is 22.1 Å². The number of fused-ring (bicyclic) bond motifs is 1. The molecule has 0 saturated carbocycles. The summed E-state index contributed by atoms with van der Waals surface area (Å²) in [7, 11) is 0. The Bertz CT molecular complexity index is 1080. The van der Waals surface area contributed by atoms with Gasteiger partial charge >= 0.3 is 0 Å². The highest BCUT2D eigenvalue weighted by molar-refractivity contribution is 7.80. The Balaban J connectivity index is 1.50. The van der Waals surface area contributed by atoms with Gasteiger partial charge in [-0.25, -0.2) is 0 Å². The number of thiocarbonyl (C=S) groups is 1. The lowest BCUT2D eigenvalue weighted by atomic mass is 9.81. The molecule has 0 bridgehead atoms. The number of hydrogen-bond donors (Lipinski definition) is 1. The lowest BCUT2D eigenvalue weighted by Gasteiger charge is -2.23. The van der Waals surface area contributed by atoms with Crippen LogP contribution in [0.1, 0.15) is 67.2 Å². The molecule has 0 radical (unpaired) electrons. The molecular formula is C30H32O2S. The summed E-state index contributed by atoms with van der Waals surface area (Å²) in [4.78, 5) is 0. The van der Waals surface area contributed by atoms with Crippen LogP contribution in [0.5, 0.6) is 5.75 Å². The van der Waals surface area contributed by atoms with Crippen LogP contribution in [0.4, 0.5) is 0 Å². The first-order valence-corrected chi connectivity index (χ1v) is 12.4. The number of rotatable bonds is 10. The standard InChI is InChI=1S/C30H32O2S/c31-29(33)17-6-1-2-9-22-32-26-20-18-25(19-21-26)30(24-12-4-3-5-13-24)28-16-10-14-23-11-7-8-15-27(23)28/h3-5,7-8,11-13,15,18-21H,1-2,6,9-10,14,16-17,22H2,(H,31,33)/b30-28+. The molecule has 2 nitrogen and oxygen atoms in total. The number of allylic oxidation sites excluding steroid dienone is 1. The van der Waals surface area contributed by atoms with E-state index in [9.17, 15) is 0 Å². The molecule has 3 aromatic carbocycles. The fraction of sp³-hybridized carbons (Fsp3) is 0.300. The second-order valence-corrected chi connectivity index (χ2v) is 9.13. The Morgan fingerprint density at radius 1 is 0.758 bits per heavy atom. The minimum Gasteiger partial charge on any atom is -0.502 e. The molecule has 0 heterocycles. The molecule has 0 atom stereocenters. The minimum atomic E-state index is 0.118. The number of aliphatic hydroxyl groups excluding tert-OH is 1. The Labute approximate surface area is 202 Å². The van der Waals surface area contributed by atoms with E-state index in [-0.39, 0.29) is 5.05 Å². The molecule has 0 aromatic heterocycles. The van der Waals surface area contributed by atoms with E-state index in [2.05, 4.69) is 78.9 Å². The summed E-state index contributed by atoms with van der Waals surface area (Å²) in [6.45, 7) is 0.711. The van der Waals surface area contributed by atoms with E-state index in [0.29, 0.717) is 13.0 Å². The van der Waals surface area contributed by atoms with Gasteiger partial charge in [-0.05, 0) is 89.9 Å². The van der Waals surface area contributed by atoms with Crippen molar-refractivity contribution in [2.24, 2.45) is 0 Å². The zero-order valence-electron chi connectivity index (χ0n) is 19.1. The smallest absolute Gasteiger partial charge is 0.156 e. The number of benzene rings is 3. The van der Waals surface area contributed by atoms with E-state index in [1.54, 1.807) is 0 Å². The fourth-order valence-electron chi connectivity index (χ4n) is 4.64. The Hall–Kier alpha value is -2.91. The third-order valence-electron chi connectivity index (χ3n) is 6.28. The zero-order chi connectivity index (χ0) is 22.9. The van der Waals surface area contributed by atoms with Gasteiger partial charge in [-0.3, -0.25) is 0 Å². The van der Waals surface area contributed by atoms with Crippen LogP contribution in [-0.4, -0.2) is 16.8 Å². The number of aliphatic hydroxyl groups is 1. The Kier molecular flexibility index (Phi) is 8.32.